The SMILES string of the molecule is Clc1ccc(C(c2ccc(-c3cn[nH]c3)cc2)C2CNC2)cc1Cl. The topological polar surface area (TPSA) is 40.7 Å². The van der Waals surface area contributed by atoms with Crippen molar-refractivity contribution in [1.82, 2.24) is 15.5 Å². The van der Waals surface area contributed by atoms with Crippen molar-refractivity contribution in [2.45, 2.75) is 5.92 Å². The van der Waals surface area contributed by atoms with Crippen molar-refractivity contribution in [3.8, 4) is 11.1 Å². The van der Waals surface area contributed by atoms with Crippen LogP contribution >= 0.6 is 23.2 Å². The van der Waals surface area contributed by atoms with E-state index in [0.717, 1.165) is 24.2 Å². The number of H-pyrrole nitrogens is 1. The number of benzene rings is 2. The summed E-state index contributed by atoms with van der Waals surface area (Å²) in [5.74, 6) is 0.890. The summed E-state index contributed by atoms with van der Waals surface area (Å²) in [6.07, 6.45) is 3.74. The minimum atomic E-state index is 0.319. The molecule has 0 amide bonds. The molecule has 1 unspecified atom stereocenters. The van der Waals surface area contributed by atoms with Gasteiger partial charge in [0, 0.05) is 30.8 Å². The van der Waals surface area contributed by atoms with Crippen molar-refractivity contribution >= 4 is 23.2 Å². The molecule has 4 rings (SSSR count). The average Bonchev–Trinajstić information content (AvgIpc) is 3.08. The molecule has 1 fully saturated rings. The summed E-state index contributed by atoms with van der Waals surface area (Å²) >= 11 is 12.3. The molecule has 3 aromatic rings. The Bertz CT molecular complexity index is 824. The summed E-state index contributed by atoms with van der Waals surface area (Å²) in [6, 6.07) is 14.7. The molecule has 1 aliphatic rings. The van der Waals surface area contributed by atoms with Gasteiger partial charge in [0.15, 0.2) is 0 Å². The van der Waals surface area contributed by atoms with Gasteiger partial charge in [-0.1, -0.05) is 53.5 Å². The number of aromatic nitrogens is 2. The van der Waals surface area contributed by atoms with Crippen LogP contribution in [-0.2, 0) is 0 Å². The summed E-state index contributed by atoms with van der Waals surface area (Å²) in [7, 11) is 0. The van der Waals surface area contributed by atoms with E-state index in [9.17, 15) is 0 Å². The highest BCUT2D eigenvalue weighted by molar-refractivity contribution is 6.42. The Kier molecular flexibility index (Phi) is 4.31. The van der Waals surface area contributed by atoms with E-state index in [1.54, 1.807) is 0 Å². The summed E-state index contributed by atoms with van der Waals surface area (Å²) in [5, 5.41) is 11.4. The van der Waals surface area contributed by atoms with Crippen LogP contribution in [0.2, 0.25) is 10.0 Å². The van der Waals surface area contributed by atoms with Crippen LogP contribution in [0.25, 0.3) is 11.1 Å². The highest BCUT2D eigenvalue weighted by Gasteiger charge is 2.30. The first-order chi connectivity index (χ1) is 11.7. The maximum Gasteiger partial charge on any atom is 0.0595 e. The van der Waals surface area contributed by atoms with Crippen molar-refractivity contribution in [2.24, 2.45) is 5.92 Å². The number of nitrogens with zero attached hydrogens (tertiary/aromatic N) is 1. The van der Waals surface area contributed by atoms with E-state index in [4.69, 9.17) is 23.2 Å². The standard InChI is InChI=1S/C19H17Cl2N3/c20-17-6-5-14(7-18(17)21)19(16-8-22-9-16)13-3-1-12(2-4-13)15-10-23-24-11-15/h1-7,10-11,16,19,22H,8-9H2,(H,23,24). The lowest BCUT2D eigenvalue weighted by Crippen LogP contribution is -2.45. The lowest BCUT2D eigenvalue weighted by Gasteiger charge is -2.35. The minimum absolute atomic E-state index is 0.319. The molecule has 1 atom stereocenters. The largest absolute Gasteiger partial charge is 0.316 e. The second-order valence-electron chi connectivity index (χ2n) is 6.18. The first kappa shape index (κ1) is 15.7. The molecule has 1 aromatic heterocycles. The molecule has 2 N–H and O–H groups in total. The molecular formula is C19H17Cl2N3. The Morgan fingerprint density at radius 3 is 2.25 bits per heavy atom. The molecule has 0 spiro atoms. The highest BCUT2D eigenvalue weighted by Crippen LogP contribution is 2.37. The summed E-state index contributed by atoms with van der Waals surface area (Å²) < 4.78 is 0. The smallest absolute Gasteiger partial charge is 0.0595 e. The molecule has 122 valence electrons. The molecule has 2 aromatic carbocycles. The van der Waals surface area contributed by atoms with Gasteiger partial charge in [0.2, 0.25) is 0 Å². The van der Waals surface area contributed by atoms with Gasteiger partial charge in [0.25, 0.3) is 0 Å². The maximum absolute atomic E-state index is 6.25. The molecule has 0 aliphatic carbocycles. The maximum atomic E-state index is 6.25. The van der Waals surface area contributed by atoms with Crippen molar-refractivity contribution in [3.63, 3.8) is 0 Å². The third kappa shape index (κ3) is 2.95. The lowest BCUT2D eigenvalue weighted by atomic mass is 9.77. The van der Waals surface area contributed by atoms with E-state index >= 15 is 0 Å². The fourth-order valence-corrected chi connectivity index (χ4v) is 3.59. The van der Waals surface area contributed by atoms with E-state index in [0.29, 0.717) is 21.9 Å². The zero-order chi connectivity index (χ0) is 16.5. The van der Waals surface area contributed by atoms with E-state index in [1.165, 1.54) is 11.1 Å². The predicted molar refractivity (Wildman–Crippen MR) is 98.7 cm³/mol. The monoisotopic (exact) mass is 357 g/mol. The molecule has 5 heteroatoms. The second kappa shape index (κ2) is 6.60. The van der Waals surface area contributed by atoms with Crippen molar-refractivity contribution < 1.29 is 0 Å². The van der Waals surface area contributed by atoms with Crippen molar-refractivity contribution in [2.75, 3.05) is 13.1 Å². The third-order valence-corrected chi connectivity index (χ3v) is 5.43. The minimum Gasteiger partial charge on any atom is -0.316 e. The summed E-state index contributed by atoms with van der Waals surface area (Å²) in [5.41, 5.74) is 4.77. The number of hydrogen-bond donors (Lipinski definition) is 2. The molecule has 1 saturated heterocycles. The lowest BCUT2D eigenvalue weighted by molar-refractivity contribution is 0.315. The molecule has 1 aliphatic heterocycles. The predicted octanol–water partition coefficient (Wildman–Crippen LogP) is 4.73. The molecule has 0 saturated carbocycles. The fourth-order valence-electron chi connectivity index (χ4n) is 3.28. The average molecular weight is 358 g/mol. The van der Waals surface area contributed by atoms with Crippen LogP contribution < -0.4 is 5.32 Å². The van der Waals surface area contributed by atoms with Gasteiger partial charge in [0.05, 0.1) is 16.2 Å². The Balaban J connectivity index is 1.70. The van der Waals surface area contributed by atoms with Crippen molar-refractivity contribution in [3.05, 3.63) is 76.0 Å². The van der Waals surface area contributed by atoms with Crippen LogP contribution in [0.15, 0.2) is 54.9 Å². The molecule has 24 heavy (non-hydrogen) atoms. The third-order valence-electron chi connectivity index (χ3n) is 4.69. The Hall–Kier alpha value is -1.81. The van der Waals surface area contributed by atoms with Gasteiger partial charge in [-0.25, -0.2) is 0 Å². The van der Waals surface area contributed by atoms with Gasteiger partial charge in [-0.2, -0.15) is 5.10 Å². The van der Waals surface area contributed by atoms with Crippen LogP contribution in [0.4, 0.5) is 0 Å². The molecule has 3 nitrogen and oxygen atoms in total. The van der Waals surface area contributed by atoms with E-state index in [-0.39, 0.29) is 0 Å². The van der Waals surface area contributed by atoms with Gasteiger partial charge in [-0.05, 0) is 34.7 Å². The van der Waals surface area contributed by atoms with Crippen LogP contribution in [0.5, 0.6) is 0 Å². The number of nitrogens with one attached hydrogen (secondary N) is 2. The zero-order valence-electron chi connectivity index (χ0n) is 13.0. The first-order valence-electron chi connectivity index (χ1n) is 7.97. The first-order valence-corrected chi connectivity index (χ1v) is 8.73. The quantitative estimate of drug-likeness (QED) is 0.708. The number of hydrogen-bond acceptors (Lipinski definition) is 2. The van der Waals surface area contributed by atoms with E-state index < -0.39 is 0 Å². The molecular weight excluding hydrogens is 341 g/mol. The zero-order valence-corrected chi connectivity index (χ0v) is 14.5. The Morgan fingerprint density at radius 1 is 0.917 bits per heavy atom. The van der Waals surface area contributed by atoms with E-state index in [2.05, 4.69) is 45.8 Å². The molecule has 2 heterocycles. The van der Waals surface area contributed by atoms with Crippen LogP contribution in [-0.4, -0.2) is 23.3 Å². The molecule has 0 radical (unpaired) electrons. The Morgan fingerprint density at radius 2 is 1.67 bits per heavy atom. The van der Waals surface area contributed by atoms with Gasteiger partial charge < -0.3 is 5.32 Å². The van der Waals surface area contributed by atoms with Gasteiger partial charge in [-0.15, -0.1) is 0 Å². The van der Waals surface area contributed by atoms with Gasteiger partial charge in [0.1, 0.15) is 0 Å². The number of rotatable bonds is 4. The van der Waals surface area contributed by atoms with Gasteiger partial charge >= 0.3 is 0 Å². The Labute approximate surface area is 151 Å². The highest BCUT2D eigenvalue weighted by atomic mass is 35.5. The van der Waals surface area contributed by atoms with Crippen molar-refractivity contribution in [1.29, 1.82) is 0 Å². The normalized spacial score (nSPS) is 15.9. The summed E-state index contributed by atoms with van der Waals surface area (Å²) in [4.78, 5) is 0. The fraction of sp³-hybridized carbons (Fsp3) is 0.211. The molecule has 0 bridgehead atoms. The van der Waals surface area contributed by atoms with Gasteiger partial charge in [-0.3, -0.25) is 5.10 Å². The van der Waals surface area contributed by atoms with Crippen LogP contribution in [0.1, 0.15) is 17.0 Å². The summed E-state index contributed by atoms with van der Waals surface area (Å²) in [6.45, 7) is 2.04. The number of halogens is 2. The van der Waals surface area contributed by atoms with Crippen LogP contribution in [0, 0.1) is 5.92 Å². The second-order valence-corrected chi connectivity index (χ2v) is 6.99. The van der Waals surface area contributed by atoms with Crippen LogP contribution in [0.3, 0.4) is 0 Å². The number of aromatic amines is 1. The van der Waals surface area contributed by atoms with E-state index in [1.807, 2.05) is 24.5 Å².